The fraction of sp³-hybridized carbons (Fsp3) is 0.167. The molecule has 0 radical (unpaired) electrons. The molecule has 1 aliphatic rings. The smallest absolute Gasteiger partial charge is 0.0353 e. The minimum Gasteiger partial charge on any atom is -0.399 e. The van der Waals surface area contributed by atoms with E-state index in [2.05, 4.69) is 0 Å². The SMILES string of the molecule is N=C1C=CC(N)=CC1. The quantitative estimate of drug-likeness (QED) is 0.474. The van der Waals surface area contributed by atoms with Crippen LogP contribution in [0.4, 0.5) is 0 Å². The van der Waals surface area contributed by atoms with Crippen molar-refractivity contribution in [3.05, 3.63) is 23.9 Å². The maximum atomic E-state index is 7.09. The summed E-state index contributed by atoms with van der Waals surface area (Å²) in [5.74, 6) is 0. The number of hydrogen-bond acceptors (Lipinski definition) is 2. The Morgan fingerprint density at radius 2 is 2.25 bits per heavy atom. The van der Waals surface area contributed by atoms with E-state index in [1.54, 1.807) is 12.2 Å². The van der Waals surface area contributed by atoms with Gasteiger partial charge in [0.2, 0.25) is 0 Å². The average Bonchev–Trinajstić information content (AvgIpc) is 1.77. The Balaban J connectivity index is 2.71. The van der Waals surface area contributed by atoms with Crippen molar-refractivity contribution in [3.63, 3.8) is 0 Å². The first-order chi connectivity index (χ1) is 3.79. The molecule has 0 aliphatic heterocycles. The molecule has 2 heteroatoms. The van der Waals surface area contributed by atoms with Gasteiger partial charge in [-0.05, 0) is 12.2 Å². The fourth-order valence-corrected chi connectivity index (χ4v) is 0.561. The molecule has 0 atom stereocenters. The molecule has 0 amide bonds. The maximum absolute atomic E-state index is 7.09. The van der Waals surface area contributed by atoms with E-state index < -0.39 is 0 Å². The van der Waals surface area contributed by atoms with Crippen molar-refractivity contribution in [2.24, 2.45) is 5.73 Å². The van der Waals surface area contributed by atoms with Gasteiger partial charge in [-0.2, -0.15) is 0 Å². The van der Waals surface area contributed by atoms with Crippen molar-refractivity contribution in [2.75, 3.05) is 0 Å². The first-order valence-corrected chi connectivity index (χ1v) is 2.50. The van der Waals surface area contributed by atoms with Crippen LogP contribution < -0.4 is 5.73 Å². The van der Waals surface area contributed by atoms with Gasteiger partial charge in [0, 0.05) is 17.8 Å². The molecule has 0 heterocycles. The van der Waals surface area contributed by atoms with E-state index in [1.165, 1.54) is 0 Å². The van der Waals surface area contributed by atoms with Gasteiger partial charge >= 0.3 is 0 Å². The molecule has 0 bridgehead atoms. The first-order valence-electron chi connectivity index (χ1n) is 2.50. The van der Waals surface area contributed by atoms with Crippen LogP contribution >= 0.6 is 0 Å². The van der Waals surface area contributed by atoms with Gasteiger partial charge in [0.05, 0.1) is 0 Å². The highest BCUT2D eigenvalue weighted by molar-refractivity contribution is 5.94. The number of hydrogen-bond donors (Lipinski definition) is 2. The Hall–Kier alpha value is -1.05. The second-order valence-electron chi connectivity index (χ2n) is 1.77. The summed E-state index contributed by atoms with van der Waals surface area (Å²) in [6.45, 7) is 0. The standard InChI is InChI=1S/C6H8N2/c7-5-1-2-6(8)4-3-5/h1-3,8H,4,7H2. The van der Waals surface area contributed by atoms with E-state index >= 15 is 0 Å². The van der Waals surface area contributed by atoms with E-state index in [0.29, 0.717) is 12.1 Å². The molecule has 1 rings (SSSR count). The van der Waals surface area contributed by atoms with Crippen molar-refractivity contribution in [3.8, 4) is 0 Å². The van der Waals surface area contributed by atoms with Crippen LogP contribution in [0.3, 0.4) is 0 Å². The van der Waals surface area contributed by atoms with E-state index in [4.69, 9.17) is 11.1 Å². The van der Waals surface area contributed by atoms with Crippen LogP contribution in [0.25, 0.3) is 0 Å². The predicted octanol–water partition coefficient (Wildman–Crippen LogP) is 0.809. The third kappa shape index (κ3) is 0.964. The summed E-state index contributed by atoms with van der Waals surface area (Å²) in [5, 5.41) is 7.09. The van der Waals surface area contributed by atoms with Gasteiger partial charge in [0.15, 0.2) is 0 Å². The summed E-state index contributed by atoms with van der Waals surface area (Å²) in [5.41, 5.74) is 6.76. The van der Waals surface area contributed by atoms with Crippen LogP contribution in [0.15, 0.2) is 23.9 Å². The molecule has 0 unspecified atom stereocenters. The minimum atomic E-state index is 0.624. The lowest BCUT2D eigenvalue weighted by Crippen LogP contribution is -2.01. The molecule has 0 aromatic carbocycles. The number of allylic oxidation sites excluding steroid dienone is 3. The van der Waals surface area contributed by atoms with Gasteiger partial charge in [-0.15, -0.1) is 0 Å². The maximum Gasteiger partial charge on any atom is 0.0353 e. The second kappa shape index (κ2) is 1.82. The fourth-order valence-electron chi connectivity index (χ4n) is 0.561. The summed E-state index contributed by atoms with van der Waals surface area (Å²) in [4.78, 5) is 0. The van der Waals surface area contributed by atoms with Crippen molar-refractivity contribution >= 4 is 5.71 Å². The van der Waals surface area contributed by atoms with Crippen molar-refractivity contribution < 1.29 is 0 Å². The Labute approximate surface area is 48.2 Å². The molecule has 0 fully saturated rings. The van der Waals surface area contributed by atoms with Gasteiger partial charge in [0.25, 0.3) is 0 Å². The van der Waals surface area contributed by atoms with E-state index in [0.717, 1.165) is 5.70 Å². The van der Waals surface area contributed by atoms with Gasteiger partial charge in [-0.25, -0.2) is 0 Å². The molecule has 42 valence electrons. The molecule has 0 saturated heterocycles. The largest absolute Gasteiger partial charge is 0.399 e. The Morgan fingerprint density at radius 1 is 1.50 bits per heavy atom. The van der Waals surface area contributed by atoms with Crippen molar-refractivity contribution in [1.29, 1.82) is 5.41 Å². The summed E-state index contributed by atoms with van der Waals surface area (Å²) < 4.78 is 0. The normalized spacial score (nSPS) is 18.5. The summed E-state index contributed by atoms with van der Waals surface area (Å²) >= 11 is 0. The Kier molecular flexibility index (Phi) is 1.16. The average molecular weight is 108 g/mol. The van der Waals surface area contributed by atoms with Crippen LogP contribution in [0.2, 0.25) is 0 Å². The van der Waals surface area contributed by atoms with Crippen LogP contribution in [-0.2, 0) is 0 Å². The van der Waals surface area contributed by atoms with Gasteiger partial charge in [-0.1, -0.05) is 6.08 Å². The lowest BCUT2D eigenvalue weighted by molar-refractivity contribution is 1.28. The zero-order valence-corrected chi connectivity index (χ0v) is 4.52. The summed E-state index contributed by atoms with van der Waals surface area (Å²) in [6, 6.07) is 0. The Bertz CT molecular complexity index is 163. The number of rotatable bonds is 0. The zero-order chi connectivity index (χ0) is 5.98. The number of nitrogens with one attached hydrogen (secondary N) is 1. The van der Waals surface area contributed by atoms with Crippen LogP contribution in [-0.4, -0.2) is 5.71 Å². The molecular weight excluding hydrogens is 100 g/mol. The Morgan fingerprint density at radius 3 is 2.62 bits per heavy atom. The van der Waals surface area contributed by atoms with Gasteiger partial charge in [-0.3, -0.25) is 0 Å². The molecule has 0 spiro atoms. The van der Waals surface area contributed by atoms with Crippen LogP contribution in [0, 0.1) is 5.41 Å². The molecular formula is C6H8N2. The van der Waals surface area contributed by atoms with Crippen LogP contribution in [0.1, 0.15) is 6.42 Å². The highest BCUT2D eigenvalue weighted by Crippen LogP contribution is 2.00. The molecule has 3 N–H and O–H groups in total. The monoisotopic (exact) mass is 108 g/mol. The summed E-state index contributed by atoms with van der Waals surface area (Å²) in [7, 11) is 0. The molecule has 0 aromatic rings. The molecule has 2 nitrogen and oxygen atoms in total. The van der Waals surface area contributed by atoms with E-state index in [1.807, 2.05) is 6.08 Å². The van der Waals surface area contributed by atoms with Gasteiger partial charge < -0.3 is 11.1 Å². The lowest BCUT2D eigenvalue weighted by atomic mass is 10.1. The highest BCUT2D eigenvalue weighted by atomic mass is 14.6. The summed E-state index contributed by atoms with van der Waals surface area (Å²) in [6.07, 6.45) is 5.98. The van der Waals surface area contributed by atoms with Crippen molar-refractivity contribution in [1.82, 2.24) is 0 Å². The zero-order valence-electron chi connectivity index (χ0n) is 4.52. The first kappa shape index (κ1) is 5.09. The lowest BCUT2D eigenvalue weighted by Gasteiger charge is -1.99. The third-order valence-corrected chi connectivity index (χ3v) is 1.03. The highest BCUT2D eigenvalue weighted by Gasteiger charge is 1.94. The van der Waals surface area contributed by atoms with Gasteiger partial charge in [0.1, 0.15) is 0 Å². The van der Waals surface area contributed by atoms with Crippen LogP contribution in [0.5, 0.6) is 0 Å². The molecule has 0 saturated carbocycles. The third-order valence-electron chi connectivity index (χ3n) is 1.03. The molecule has 1 aliphatic carbocycles. The number of nitrogens with two attached hydrogens (primary N) is 1. The second-order valence-corrected chi connectivity index (χ2v) is 1.77. The topological polar surface area (TPSA) is 49.9 Å². The molecule has 8 heavy (non-hydrogen) atoms. The predicted molar refractivity (Wildman–Crippen MR) is 33.8 cm³/mol. The minimum absolute atomic E-state index is 0.624. The molecule has 0 aromatic heterocycles. The van der Waals surface area contributed by atoms with Crippen molar-refractivity contribution in [2.45, 2.75) is 6.42 Å². The van der Waals surface area contributed by atoms with E-state index in [-0.39, 0.29) is 0 Å². The van der Waals surface area contributed by atoms with E-state index in [9.17, 15) is 0 Å².